The smallest absolute Gasteiger partial charge is 0.324 e. The number of nitrogens with one attached hydrogen (secondary N) is 2. The lowest BCUT2D eigenvalue weighted by atomic mass is 9.71. The molecule has 0 saturated carbocycles. The molecule has 1 aromatic carbocycles. The van der Waals surface area contributed by atoms with Crippen LogP contribution in [-0.2, 0) is 11.2 Å². The number of fused-ring (bicyclic) bond motifs is 2. The number of rotatable bonds is 9. The van der Waals surface area contributed by atoms with Crippen molar-refractivity contribution in [2.24, 2.45) is 5.92 Å². The number of amides is 3. The maximum atomic E-state index is 13.9. The van der Waals surface area contributed by atoms with Crippen molar-refractivity contribution in [1.82, 2.24) is 25.0 Å². The number of aromatic nitrogens is 1. The van der Waals surface area contributed by atoms with Gasteiger partial charge in [0.2, 0.25) is 5.91 Å². The average molecular weight is 480 g/mol. The molecule has 4 rings (SSSR count). The second-order valence-corrected chi connectivity index (χ2v) is 10.3. The van der Waals surface area contributed by atoms with Gasteiger partial charge in [-0.15, -0.1) is 0 Å². The van der Waals surface area contributed by atoms with Gasteiger partial charge in [0.05, 0.1) is 5.92 Å². The maximum Gasteiger partial charge on any atom is 0.324 e. The first-order valence-electron chi connectivity index (χ1n) is 13.1. The summed E-state index contributed by atoms with van der Waals surface area (Å²) in [5.74, 6) is 0.0410. The van der Waals surface area contributed by atoms with Gasteiger partial charge in [0.1, 0.15) is 0 Å². The summed E-state index contributed by atoms with van der Waals surface area (Å²) in [6.45, 7) is 11.6. The van der Waals surface area contributed by atoms with Crippen molar-refractivity contribution < 1.29 is 9.59 Å². The Hall–Kier alpha value is -2.64. The van der Waals surface area contributed by atoms with Crippen LogP contribution < -0.4 is 5.32 Å². The highest BCUT2D eigenvalue weighted by Gasteiger charge is 2.44. The number of likely N-dealkylation sites (tertiary alicyclic amines) is 1. The van der Waals surface area contributed by atoms with Gasteiger partial charge in [0.15, 0.2) is 0 Å². The van der Waals surface area contributed by atoms with E-state index in [-0.39, 0.29) is 23.8 Å². The van der Waals surface area contributed by atoms with E-state index in [2.05, 4.69) is 51.8 Å². The van der Waals surface area contributed by atoms with E-state index < -0.39 is 0 Å². The van der Waals surface area contributed by atoms with Crippen LogP contribution >= 0.6 is 0 Å². The highest BCUT2D eigenvalue weighted by atomic mass is 16.2. The van der Waals surface area contributed by atoms with Gasteiger partial charge < -0.3 is 15.2 Å². The van der Waals surface area contributed by atoms with E-state index >= 15 is 0 Å². The third kappa shape index (κ3) is 5.02. The van der Waals surface area contributed by atoms with Gasteiger partial charge in [0, 0.05) is 48.2 Å². The Kier molecular flexibility index (Phi) is 7.97. The van der Waals surface area contributed by atoms with Crippen LogP contribution in [0.4, 0.5) is 4.79 Å². The molecule has 1 fully saturated rings. The summed E-state index contributed by atoms with van der Waals surface area (Å²) in [6, 6.07) is 6.57. The van der Waals surface area contributed by atoms with E-state index in [1.54, 1.807) is 0 Å². The monoisotopic (exact) mass is 479 g/mol. The number of carbonyl (C=O) groups is 2. The van der Waals surface area contributed by atoms with Crippen LogP contribution in [-0.4, -0.2) is 84.5 Å². The first kappa shape index (κ1) is 25.5. The number of hydrogen-bond acceptors (Lipinski definition) is 4. The summed E-state index contributed by atoms with van der Waals surface area (Å²) in [5.41, 5.74) is 4.94. The summed E-state index contributed by atoms with van der Waals surface area (Å²) in [5, 5.41) is 4.17. The lowest BCUT2D eigenvalue weighted by molar-refractivity contribution is -0.135. The van der Waals surface area contributed by atoms with Crippen LogP contribution in [0.15, 0.2) is 24.8 Å². The van der Waals surface area contributed by atoms with Crippen LogP contribution in [0.2, 0.25) is 0 Å². The number of aromatic amines is 1. The Morgan fingerprint density at radius 1 is 1.26 bits per heavy atom. The lowest BCUT2D eigenvalue weighted by Crippen LogP contribution is -2.55. The van der Waals surface area contributed by atoms with Crippen LogP contribution in [0, 0.1) is 5.92 Å². The molecule has 2 aliphatic rings. The zero-order chi connectivity index (χ0) is 25.1. The molecular formula is C28H41N5O2. The van der Waals surface area contributed by atoms with Gasteiger partial charge >= 0.3 is 6.03 Å². The number of imide groups is 1. The number of carbonyl (C=O) groups excluding carboxylic acids is 2. The van der Waals surface area contributed by atoms with Gasteiger partial charge in [-0.2, -0.15) is 0 Å². The van der Waals surface area contributed by atoms with Crippen LogP contribution in [0.1, 0.15) is 55.8 Å². The molecule has 0 spiro atoms. The van der Waals surface area contributed by atoms with Gasteiger partial charge in [-0.25, -0.2) is 4.79 Å². The number of urea groups is 1. The summed E-state index contributed by atoms with van der Waals surface area (Å²) in [7, 11) is 4.03. The van der Waals surface area contributed by atoms with Crippen LogP contribution in [0.25, 0.3) is 17.0 Å². The molecule has 3 atom stereocenters. The Morgan fingerprint density at radius 3 is 2.74 bits per heavy atom. The van der Waals surface area contributed by atoms with Crippen molar-refractivity contribution >= 4 is 28.9 Å². The minimum atomic E-state index is -0.269. The Bertz CT molecular complexity index is 1070. The largest absolute Gasteiger partial charge is 0.355 e. The molecule has 1 aromatic heterocycles. The molecule has 7 heteroatoms. The van der Waals surface area contributed by atoms with E-state index in [9.17, 15) is 9.59 Å². The number of benzene rings is 1. The number of H-pyrrole nitrogens is 1. The van der Waals surface area contributed by atoms with E-state index in [4.69, 9.17) is 0 Å². The fraction of sp³-hybridized carbons (Fsp3) is 0.571. The molecule has 1 aliphatic carbocycles. The van der Waals surface area contributed by atoms with Crippen LogP contribution in [0.5, 0.6) is 0 Å². The average Bonchev–Trinajstić information content (AvgIpc) is 3.20. The molecule has 1 saturated heterocycles. The normalized spacial score (nSPS) is 21.7. The molecule has 2 heterocycles. The maximum absolute atomic E-state index is 13.9. The summed E-state index contributed by atoms with van der Waals surface area (Å²) in [6.07, 6.45) is 5.47. The number of hydrogen-bond donors (Lipinski definition) is 2. The minimum absolute atomic E-state index is 0.0342. The topological polar surface area (TPSA) is 71.7 Å². The van der Waals surface area contributed by atoms with Crippen molar-refractivity contribution in [3.63, 3.8) is 0 Å². The zero-order valence-electron chi connectivity index (χ0n) is 21.8. The summed E-state index contributed by atoms with van der Waals surface area (Å²) < 4.78 is 0. The van der Waals surface area contributed by atoms with Gasteiger partial charge in [-0.05, 0) is 83.1 Å². The fourth-order valence-corrected chi connectivity index (χ4v) is 6.13. The predicted octanol–water partition coefficient (Wildman–Crippen LogP) is 4.06. The molecule has 1 aliphatic heterocycles. The Labute approximate surface area is 209 Å². The molecule has 0 bridgehead atoms. The Balaban J connectivity index is 1.65. The van der Waals surface area contributed by atoms with E-state index in [1.165, 1.54) is 21.4 Å². The SMILES string of the molecule is C=Cc1[nH]c2cccc3c2c1C[C@@H]1C3C[C@@H](C(=O)N(CCCN(C)C)C(=O)NCC)CN1CCC. The van der Waals surface area contributed by atoms with E-state index in [0.29, 0.717) is 25.7 Å². The first-order chi connectivity index (χ1) is 16.9. The third-order valence-electron chi connectivity index (χ3n) is 7.62. The summed E-state index contributed by atoms with van der Waals surface area (Å²) >= 11 is 0. The molecule has 1 unspecified atom stereocenters. The highest BCUT2D eigenvalue weighted by molar-refractivity contribution is 5.96. The van der Waals surface area contributed by atoms with Crippen molar-refractivity contribution in [1.29, 1.82) is 0 Å². The summed E-state index contributed by atoms with van der Waals surface area (Å²) in [4.78, 5) is 36.4. The molecule has 0 radical (unpaired) electrons. The number of nitrogens with zero attached hydrogens (tertiary/aromatic N) is 3. The van der Waals surface area contributed by atoms with Gasteiger partial charge in [-0.1, -0.05) is 25.6 Å². The second kappa shape index (κ2) is 11.0. The third-order valence-corrected chi connectivity index (χ3v) is 7.62. The standard InChI is InChI=1S/C28H41N5O2/c1-6-13-32-18-19(27(34)33(28(35)29-8-3)15-10-14-31(4)5)16-21-20-11-9-12-24-26(20)22(17-25(21)32)23(7-2)30-24/h7,9,11-12,19,21,25,30H,2,6,8,10,13-18H2,1,3-5H3,(H,29,35)/t19-,21?,25-/m1/s1. The fourth-order valence-electron chi connectivity index (χ4n) is 6.13. The molecule has 190 valence electrons. The predicted molar refractivity (Wildman–Crippen MR) is 143 cm³/mol. The minimum Gasteiger partial charge on any atom is -0.355 e. The van der Waals surface area contributed by atoms with Crippen molar-refractivity contribution in [3.8, 4) is 0 Å². The second-order valence-electron chi connectivity index (χ2n) is 10.3. The molecule has 2 N–H and O–H groups in total. The first-order valence-corrected chi connectivity index (χ1v) is 13.1. The van der Waals surface area contributed by atoms with E-state index in [1.807, 2.05) is 27.1 Å². The van der Waals surface area contributed by atoms with E-state index in [0.717, 1.165) is 50.0 Å². The molecule has 35 heavy (non-hydrogen) atoms. The zero-order valence-corrected chi connectivity index (χ0v) is 21.8. The highest BCUT2D eigenvalue weighted by Crippen LogP contribution is 2.46. The van der Waals surface area contributed by atoms with Crippen LogP contribution in [0.3, 0.4) is 0 Å². The lowest BCUT2D eigenvalue weighted by Gasteiger charge is -2.47. The van der Waals surface area contributed by atoms with Gasteiger partial charge in [-0.3, -0.25) is 14.6 Å². The Morgan fingerprint density at radius 2 is 2.06 bits per heavy atom. The molecule has 3 amide bonds. The van der Waals surface area contributed by atoms with Crippen molar-refractivity contribution in [3.05, 3.63) is 41.6 Å². The number of piperidine rings is 1. The molecular weight excluding hydrogens is 438 g/mol. The van der Waals surface area contributed by atoms with Gasteiger partial charge in [0.25, 0.3) is 0 Å². The quantitative estimate of drug-likeness (QED) is 0.569. The molecule has 7 nitrogen and oxygen atoms in total. The molecule has 2 aromatic rings. The van der Waals surface area contributed by atoms with Crippen molar-refractivity contribution in [2.45, 2.75) is 51.5 Å². The van der Waals surface area contributed by atoms with Crippen molar-refractivity contribution in [2.75, 3.05) is 46.8 Å².